The largest absolute Gasteiger partial charge is 0.493 e. The minimum absolute atomic E-state index is 0.260. The molecule has 8 heteroatoms. The van der Waals surface area contributed by atoms with Crippen LogP contribution in [0.5, 0.6) is 5.75 Å². The lowest BCUT2D eigenvalue weighted by Crippen LogP contribution is -2.40. The van der Waals surface area contributed by atoms with Gasteiger partial charge in [-0.25, -0.2) is 14.4 Å². The van der Waals surface area contributed by atoms with Gasteiger partial charge in [0.05, 0.1) is 29.8 Å². The highest BCUT2D eigenvalue weighted by molar-refractivity contribution is 6.09. The number of carbonyl (C=O) groups excluding carboxylic acids is 1. The van der Waals surface area contributed by atoms with E-state index >= 15 is 0 Å². The van der Waals surface area contributed by atoms with Crippen LogP contribution >= 0.6 is 0 Å². The van der Waals surface area contributed by atoms with E-state index in [1.165, 1.54) is 18.5 Å². The highest BCUT2D eigenvalue weighted by Crippen LogP contribution is 2.36. The van der Waals surface area contributed by atoms with E-state index in [1.54, 1.807) is 13.0 Å². The predicted octanol–water partition coefficient (Wildman–Crippen LogP) is 3.50. The summed E-state index contributed by atoms with van der Waals surface area (Å²) in [5.41, 5.74) is 3.07. The summed E-state index contributed by atoms with van der Waals surface area (Å²) in [6, 6.07) is 4.13. The first kappa shape index (κ1) is 19.9. The van der Waals surface area contributed by atoms with Gasteiger partial charge < -0.3 is 20.1 Å². The number of nitrogens with zero attached hydrogens (tertiary/aromatic N) is 2. The number of aromatic amines is 1. The molecule has 0 radical (unpaired) electrons. The van der Waals surface area contributed by atoms with Crippen LogP contribution < -0.4 is 10.1 Å². The summed E-state index contributed by atoms with van der Waals surface area (Å²) in [4.78, 5) is 24.9. The quantitative estimate of drug-likeness (QED) is 0.562. The van der Waals surface area contributed by atoms with Crippen LogP contribution in [0.4, 0.5) is 4.39 Å². The van der Waals surface area contributed by atoms with Crippen molar-refractivity contribution >= 4 is 16.9 Å². The second-order valence-corrected chi connectivity index (χ2v) is 8.54. The van der Waals surface area contributed by atoms with Crippen molar-refractivity contribution in [3.63, 3.8) is 0 Å². The van der Waals surface area contributed by atoms with Crippen LogP contribution in [0.3, 0.4) is 0 Å². The molecule has 2 aliphatic rings. The van der Waals surface area contributed by atoms with Crippen LogP contribution in [0.15, 0.2) is 24.5 Å². The van der Waals surface area contributed by atoms with Gasteiger partial charge in [0.25, 0.3) is 5.91 Å². The molecule has 0 spiro atoms. The number of rotatable bonds is 6. The number of aliphatic hydroxyl groups is 1. The monoisotopic (exact) mass is 424 g/mol. The Morgan fingerprint density at radius 1 is 1.29 bits per heavy atom. The number of hydrogen-bond donors (Lipinski definition) is 3. The number of aromatic nitrogens is 3. The summed E-state index contributed by atoms with van der Waals surface area (Å²) in [5.74, 6) is 0.429. The Hall–Kier alpha value is -3.00. The fraction of sp³-hybridized carbons (Fsp3) is 0.435. The molecule has 0 bridgehead atoms. The number of halogens is 1. The maximum atomic E-state index is 14.1. The summed E-state index contributed by atoms with van der Waals surface area (Å²) >= 11 is 0. The molecule has 0 saturated heterocycles. The fourth-order valence-corrected chi connectivity index (χ4v) is 4.26. The van der Waals surface area contributed by atoms with Crippen molar-refractivity contribution in [2.24, 2.45) is 5.92 Å². The van der Waals surface area contributed by atoms with Gasteiger partial charge in [-0.3, -0.25) is 4.79 Å². The number of carbonyl (C=O) groups is 1. The van der Waals surface area contributed by atoms with E-state index in [2.05, 4.69) is 20.3 Å². The van der Waals surface area contributed by atoms with Gasteiger partial charge in [0.2, 0.25) is 0 Å². The van der Waals surface area contributed by atoms with Gasteiger partial charge in [0.1, 0.15) is 29.1 Å². The lowest BCUT2D eigenvalue weighted by atomic mass is 10.1. The van der Waals surface area contributed by atoms with E-state index in [-0.39, 0.29) is 11.9 Å². The number of ether oxygens (including phenoxy) is 1. The third kappa shape index (κ3) is 3.87. The molecule has 31 heavy (non-hydrogen) atoms. The number of fused-ring (bicyclic) bond motifs is 1. The second-order valence-electron chi connectivity index (χ2n) is 8.54. The zero-order chi connectivity index (χ0) is 21.5. The topological polar surface area (TPSA) is 100 Å². The third-order valence-corrected chi connectivity index (χ3v) is 6.16. The molecule has 5 rings (SSSR count). The van der Waals surface area contributed by atoms with Gasteiger partial charge in [-0.05, 0) is 63.1 Å². The van der Waals surface area contributed by atoms with Crippen LogP contribution in [0.25, 0.3) is 22.3 Å². The molecule has 2 fully saturated rings. The van der Waals surface area contributed by atoms with E-state index in [1.807, 2.05) is 0 Å². The van der Waals surface area contributed by atoms with Gasteiger partial charge in [-0.15, -0.1) is 0 Å². The normalized spacial score (nSPS) is 20.9. The smallest absolute Gasteiger partial charge is 0.255 e. The van der Waals surface area contributed by atoms with Crippen molar-refractivity contribution in [2.45, 2.75) is 51.2 Å². The molecule has 0 unspecified atom stereocenters. The molecule has 3 N–H and O–H groups in total. The number of amides is 1. The first-order chi connectivity index (χ1) is 15.0. The number of H-pyrrole nitrogens is 1. The molecule has 1 aromatic carbocycles. The van der Waals surface area contributed by atoms with Gasteiger partial charge in [-0.2, -0.15) is 0 Å². The highest BCUT2D eigenvalue weighted by atomic mass is 19.1. The molecule has 0 aliphatic heterocycles. The van der Waals surface area contributed by atoms with Gasteiger partial charge in [-0.1, -0.05) is 0 Å². The Labute approximate surface area is 179 Å². The average molecular weight is 424 g/mol. The molecular weight excluding hydrogens is 399 g/mol. The van der Waals surface area contributed by atoms with E-state index in [0.717, 1.165) is 25.7 Å². The Bertz CT molecular complexity index is 1140. The maximum absolute atomic E-state index is 14.1. The van der Waals surface area contributed by atoms with Crippen LogP contribution in [-0.2, 0) is 0 Å². The summed E-state index contributed by atoms with van der Waals surface area (Å²) in [6.45, 7) is 2.38. The van der Waals surface area contributed by atoms with Crippen LogP contribution in [0.1, 0.15) is 48.2 Å². The van der Waals surface area contributed by atoms with Crippen LogP contribution in [-0.4, -0.2) is 44.7 Å². The summed E-state index contributed by atoms with van der Waals surface area (Å²) < 4.78 is 20.1. The van der Waals surface area contributed by atoms with Crippen molar-refractivity contribution in [2.75, 3.05) is 6.61 Å². The molecule has 2 heterocycles. The Morgan fingerprint density at radius 3 is 2.87 bits per heavy atom. The SMILES string of the molecule is Cc1[nH]c2c(-c3cc(F)ccc3OCC3CC3)ncnc2c1C(=O)N[C@H]1CCC[C@H]1O. The summed E-state index contributed by atoms with van der Waals surface area (Å²) in [7, 11) is 0. The lowest BCUT2D eigenvalue weighted by molar-refractivity contribution is 0.0874. The molecule has 1 amide bonds. The van der Waals surface area contributed by atoms with Gasteiger partial charge in [0, 0.05) is 11.3 Å². The molecule has 2 saturated carbocycles. The second kappa shape index (κ2) is 7.92. The highest BCUT2D eigenvalue weighted by Gasteiger charge is 2.29. The molecule has 2 aromatic heterocycles. The zero-order valence-corrected chi connectivity index (χ0v) is 17.3. The van der Waals surface area contributed by atoms with E-state index in [4.69, 9.17) is 4.74 Å². The van der Waals surface area contributed by atoms with Crippen molar-refractivity contribution in [3.05, 3.63) is 41.6 Å². The average Bonchev–Trinajstić information content (AvgIpc) is 3.40. The van der Waals surface area contributed by atoms with E-state index in [9.17, 15) is 14.3 Å². The third-order valence-electron chi connectivity index (χ3n) is 6.16. The van der Waals surface area contributed by atoms with Crippen molar-refractivity contribution in [1.29, 1.82) is 0 Å². The summed E-state index contributed by atoms with van der Waals surface area (Å²) in [6.07, 6.45) is 5.47. The van der Waals surface area contributed by atoms with Gasteiger partial charge in [0.15, 0.2) is 0 Å². The van der Waals surface area contributed by atoms with E-state index in [0.29, 0.717) is 58.2 Å². The Kier molecular flexibility index (Phi) is 5.09. The molecular formula is C23H25FN4O3. The predicted molar refractivity (Wildman–Crippen MR) is 113 cm³/mol. The number of hydrogen-bond acceptors (Lipinski definition) is 5. The van der Waals surface area contributed by atoms with Crippen LogP contribution in [0, 0.1) is 18.7 Å². The molecule has 7 nitrogen and oxygen atoms in total. The minimum atomic E-state index is -0.530. The lowest BCUT2D eigenvalue weighted by Gasteiger charge is -2.16. The van der Waals surface area contributed by atoms with Crippen LogP contribution in [0.2, 0.25) is 0 Å². The first-order valence-corrected chi connectivity index (χ1v) is 10.8. The minimum Gasteiger partial charge on any atom is -0.493 e. The van der Waals surface area contributed by atoms with Crippen molar-refractivity contribution < 1.29 is 19.0 Å². The number of aryl methyl sites for hydroxylation is 1. The zero-order valence-electron chi connectivity index (χ0n) is 17.3. The Balaban J connectivity index is 1.53. The number of nitrogens with one attached hydrogen (secondary N) is 2. The molecule has 162 valence electrons. The maximum Gasteiger partial charge on any atom is 0.255 e. The fourth-order valence-electron chi connectivity index (χ4n) is 4.26. The van der Waals surface area contributed by atoms with Crippen molar-refractivity contribution in [1.82, 2.24) is 20.3 Å². The van der Waals surface area contributed by atoms with Gasteiger partial charge >= 0.3 is 0 Å². The van der Waals surface area contributed by atoms with Crippen molar-refractivity contribution in [3.8, 4) is 17.0 Å². The van der Waals surface area contributed by atoms with E-state index < -0.39 is 11.9 Å². The number of benzene rings is 1. The molecule has 2 atom stereocenters. The summed E-state index contributed by atoms with van der Waals surface area (Å²) in [5, 5.41) is 13.0. The first-order valence-electron chi connectivity index (χ1n) is 10.8. The molecule has 2 aliphatic carbocycles. The Morgan fingerprint density at radius 2 is 2.13 bits per heavy atom. The number of aliphatic hydroxyl groups excluding tert-OH is 1. The molecule has 3 aromatic rings. The standard InChI is InChI=1S/C23H25FN4O3/c1-12-19(23(30)28-16-3-2-4-17(16)29)21-22(27-12)20(25-11-26-21)15-9-14(24)7-8-18(15)31-10-13-5-6-13/h7-9,11,13,16-17,27,29H,2-6,10H2,1H3,(H,28,30)/t16-,17+/m0/s1.